The number of aryl methyl sites for hydroxylation is 1. The summed E-state index contributed by atoms with van der Waals surface area (Å²) in [5.41, 5.74) is 1.29. The molecule has 0 aliphatic rings. The van der Waals surface area contributed by atoms with Crippen molar-refractivity contribution in [2.45, 2.75) is 54.1 Å². The topological polar surface area (TPSA) is 28.4 Å². The summed E-state index contributed by atoms with van der Waals surface area (Å²) in [6.07, 6.45) is 1.23. The smallest absolute Gasteiger partial charge is 0.118 e. The van der Waals surface area contributed by atoms with Crippen LogP contribution in [0, 0.1) is 18.8 Å². The van der Waals surface area contributed by atoms with E-state index in [0.717, 1.165) is 43.6 Å². The van der Waals surface area contributed by atoms with Crippen molar-refractivity contribution in [3.63, 3.8) is 0 Å². The van der Waals surface area contributed by atoms with Gasteiger partial charge in [0.25, 0.3) is 0 Å². The summed E-state index contributed by atoms with van der Waals surface area (Å²) in [6.45, 7) is 15.0. The molecule has 1 heterocycles. The number of hydrogen-bond donors (Lipinski definition) is 1. The van der Waals surface area contributed by atoms with E-state index in [4.69, 9.17) is 4.42 Å². The Labute approximate surface area is 124 Å². The SMILES string of the molecule is CCC(C)CN(C)Cc1cc(CNCC(C)C)c(C)o1. The van der Waals surface area contributed by atoms with E-state index >= 15 is 0 Å². The first-order valence-corrected chi connectivity index (χ1v) is 7.89. The van der Waals surface area contributed by atoms with Crippen LogP contribution >= 0.6 is 0 Å². The normalized spacial score (nSPS) is 13.4. The Morgan fingerprint density at radius 1 is 1.30 bits per heavy atom. The van der Waals surface area contributed by atoms with Crippen LogP contribution < -0.4 is 5.32 Å². The monoisotopic (exact) mass is 280 g/mol. The van der Waals surface area contributed by atoms with Crippen LogP contribution in [-0.4, -0.2) is 25.0 Å². The van der Waals surface area contributed by atoms with E-state index in [9.17, 15) is 0 Å². The third-order valence-electron chi connectivity index (χ3n) is 3.69. The summed E-state index contributed by atoms with van der Waals surface area (Å²) in [6, 6.07) is 2.20. The van der Waals surface area contributed by atoms with Crippen LogP contribution in [0.25, 0.3) is 0 Å². The molecular weight excluding hydrogens is 248 g/mol. The van der Waals surface area contributed by atoms with Gasteiger partial charge in [0, 0.05) is 18.7 Å². The predicted molar refractivity (Wildman–Crippen MR) is 85.8 cm³/mol. The van der Waals surface area contributed by atoms with Crippen LogP contribution in [0.2, 0.25) is 0 Å². The van der Waals surface area contributed by atoms with Crippen molar-refractivity contribution in [3.05, 3.63) is 23.2 Å². The van der Waals surface area contributed by atoms with E-state index in [1.165, 1.54) is 12.0 Å². The molecule has 0 bridgehead atoms. The van der Waals surface area contributed by atoms with E-state index in [1.54, 1.807) is 0 Å². The Kier molecular flexibility index (Phi) is 7.31. The third-order valence-corrected chi connectivity index (χ3v) is 3.69. The van der Waals surface area contributed by atoms with Gasteiger partial charge in [-0.1, -0.05) is 34.1 Å². The summed E-state index contributed by atoms with van der Waals surface area (Å²) < 4.78 is 5.88. The van der Waals surface area contributed by atoms with Gasteiger partial charge < -0.3 is 9.73 Å². The van der Waals surface area contributed by atoms with Crippen molar-refractivity contribution in [1.82, 2.24) is 10.2 Å². The van der Waals surface area contributed by atoms with Gasteiger partial charge in [0.15, 0.2) is 0 Å². The number of nitrogens with one attached hydrogen (secondary N) is 1. The van der Waals surface area contributed by atoms with Crippen LogP contribution in [0.3, 0.4) is 0 Å². The molecule has 0 amide bonds. The van der Waals surface area contributed by atoms with Crippen LogP contribution in [0.15, 0.2) is 10.5 Å². The summed E-state index contributed by atoms with van der Waals surface area (Å²) in [5, 5.41) is 3.48. The molecular formula is C17H32N2O. The Morgan fingerprint density at radius 2 is 2.00 bits per heavy atom. The maximum atomic E-state index is 5.88. The highest BCUT2D eigenvalue weighted by molar-refractivity contribution is 5.20. The average molecular weight is 280 g/mol. The molecule has 0 aromatic carbocycles. The summed E-state index contributed by atoms with van der Waals surface area (Å²) in [7, 11) is 2.17. The van der Waals surface area contributed by atoms with E-state index in [1.807, 2.05) is 0 Å². The van der Waals surface area contributed by atoms with Gasteiger partial charge in [-0.2, -0.15) is 0 Å². The Bertz CT molecular complexity index is 384. The molecule has 1 rings (SSSR count). The largest absolute Gasteiger partial charge is 0.465 e. The van der Waals surface area contributed by atoms with E-state index in [2.05, 4.69) is 57.9 Å². The maximum Gasteiger partial charge on any atom is 0.118 e. The molecule has 3 nitrogen and oxygen atoms in total. The minimum atomic E-state index is 0.684. The molecule has 0 fully saturated rings. The van der Waals surface area contributed by atoms with Gasteiger partial charge in [-0.25, -0.2) is 0 Å². The molecule has 0 saturated carbocycles. The van der Waals surface area contributed by atoms with Crippen LogP contribution in [0.5, 0.6) is 0 Å². The van der Waals surface area contributed by atoms with Gasteiger partial charge in [0.1, 0.15) is 11.5 Å². The van der Waals surface area contributed by atoms with Gasteiger partial charge >= 0.3 is 0 Å². The molecule has 3 heteroatoms. The molecule has 1 atom stereocenters. The zero-order valence-corrected chi connectivity index (χ0v) is 14.1. The predicted octanol–water partition coefficient (Wildman–Crippen LogP) is 3.81. The fourth-order valence-electron chi connectivity index (χ4n) is 2.33. The third kappa shape index (κ3) is 6.10. The lowest BCUT2D eigenvalue weighted by atomic mass is 10.1. The highest BCUT2D eigenvalue weighted by Crippen LogP contribution is 2.16. The number of hydrogen-bond acceptors (Lipinski definition) is 3. The summed E-state index contributed by atoms with van der Waals surface area (Å²) in [5.74, 6) is 3.55. The first-order chi connectivity index (χ1) is 9.42. The summed E-state index contributed by atoms with van der Waals surface area (Å²) in [4.78, 5) is 2.35. The average Bonchev–Trinajstić information content (AvgIpc) is 2.68. The lowest BCUT2D eigenvalue weighted by Gasteiger charge is -2.18. The van der Waals surface area contributed by atoms with Gasteiger partial charge in [-0.15, -0.1) is 0 Å². The second-order valence-electron chi connectivity index (χ2n) is 6.53. The van der Waals surface area contributed by atoms with Gasteiger partial charge in [0.2, 0.25) is 0 Å². The Hall–Kier alpha value is -0.800. The Balaban J connectivity index is 2.47. The quantitative estimate of drug-likeness (QED) is 0.745. The van der Waals surface area contributed by atoms with E-state index in [0.29, 0.717) is 5.92 Å². The van der Waals surface area contributed by atoms with E-state index < -0.39 is 0 Å². The Morgan fingerprint density at radius 3 is 2.60 bits per heavy atom. The lowest BCUT2D eigenvalue weighted by Crippen LogP contribution is -2.23. The zero-order valence-electron chi connectivity index (χ0n) is 14.1. The van der Waals surface area contributed by atoms with Crippen LogP contribution in [-0.2, 0) is 13.1 Å². The minimum absolute atomic E-state index is 0.684. The molecule has 0 radical (unpaired) electrons. The minimum Gasteiger partial charge on any atom is -0.465 e. The first-order valence-electron chi connectivity index (χ1n) is 7.89. The van der Waals surface area contributed by atoms with Crippen molar-refractivity contribution in [1.29, 1.82) is 0 Å². The standard InChI is InChI=1S/C17H32N2O/c1-7-14(4)11-19(6)12-17-8-16(15(5)20-17)10-18-9-13(2)3/h8,13-14,18H,7,9-12H2,1-6H3. The molecule has 1 N–H and O–H groups in total. The van der Waals surface area contributed by atoms with Crippen molar-refractivity contribution in [2.75, 3.05) is 20.1 Å². The van der Waals surface area contributed by atoms with Gasteiger partial charge in [-0.3, -0.25) is 4.90 Å². The summed E-state index contributed by atoms with van der Waals surface area (Å²) >= 11 is 0. The zero-order chi connectivity index (χ0) is 15.1. The molecule has 116 valence electrons. The van der Waals surface area contributed by atoms with E-state index in [-0.39, 0.29) is 0 Å². The van der Waals surface area contributed by atoms with Gasteiger partial charge in [-0.05, 0) is 38.4 Å². The molecule has 1 unspecified atom stereocenters. The highest BCUT2D eigenvalue weighted by atomic mass is 16.3. The highest BCUT2D eigenvalue weighted by Gasteiger charge is 2.11. The second kappa shape index (κ2) is 8.48. The second-order valence-corrected chi connectivity index (χ2v) is 6.53. The number of rotatable bonds is 9. The van der Waals surface area contributed by atoms with Gasteiger partial charge in [0.05, 0.1) is 6.54 Å². The molecule has 1 aromatic heterocycles. The molecule has 0 saturated heterocycles. The fraction of sp³-hybridized carbons (Fsp3) is 0.765. The first kappa shape index (κ1) is 17.3. The molecule has 1 aromatic rings. The molecule has 0 aliphatic carbocycles. The number of furan rings is 1. The van der Waals surface area contributed by atoms with Crippen molar-refractivity contribution < 1.29 is 4.42 Å². The number of nitrogens with zero attached hydrogens (tertiary/aromatic N) is 1. The van der Waals surface area contributed by atoms with Crippen molar-refractivity contribution in [2.24, 2.45) is 11.8 Å². The van der Waals surface area contributed by atoms with Crippen LogP contribution in [0.1, 0.15) is 51.2 Å². The molecule has 20 heavy (non-hydrogen) atoms. The maximum absolute atomic E-state index is 5.88. The van der Waals surface area contributed by atoms with Crippen molar-refractivity contribution in [3.8, 4) is 0 Å². The fourth-order valence-corrected chi connectivity index (χ4v) is 2.33. The lowest BCUT2D eigenvalue weighted by molar-refractivity contribution is 0.253. The van der Waals surface area contributed by atoms with Crippen LogP contribution in [0.4, 0.5) is 0 Å². The molecule has 0 aliphatic heterocycles. The van der Waals surface area contributed by atoms with Crippen molar-refractivity contribution >= 4 is 0 Å². The molecule has 0 spiro atoms.